The molecule has 5 heteroatoms. The Kier molecular flexibility index (Phi) is 6.28. The van der Waals surface area contributed by atoms with Crippen molar-refractivity contribution in [3.05, 3.63) is 89.9 Å². The molecule has 134 valence electrons. The third-order valence-electron chi connectivity index (χ3n) is 4.03. The second-order valence-corrected chi connectivity index (χ2v) is 6.31. The Morgan fingerprint density at radius 2 is 1.73 bits per heavy atom. The Bertz CT molecular complexity index is 802. The summed E-state index contributed by atoms with van der Waals surface area (Å²) in [5.41, 5.74) is 2.35. The zero-order valence-electron chi connectivity index (χ0n) is 14.7. The summed E-state index contributed by atoms with van der Waals surface area (Å²) in [5.74, 6) is 1.73. The molecule has 1 N–H and O–H groups in total. The number of hydrogen-bond donors (Lipinski definition) is 1. The maximum atomic E-state index is 5.64. The number of furan rings is 1. The standard InChI is InChI=1S/C21H22N2O2S/c1-24-19-11-9-17(10-12-19)14-22-21(26)23(16-20-8-5-13-25-20)15-18-6-3-2-4-7-18/h2-13H,14-16H2,1H3,(H,22,26). The van der Waals surface area contributed by atoms with Gasteiger partial charge in [-0.2, -0.15) is 0 Å². The van der Waals surface area contributed by atoms with Crippen molar-refractivity contribution in [3.63, 3.8) is 0 Å². The Balaban J connectivity index is 1.65. The number of nitrogens with one attached hydrogen (secondary N) is 1. The van der Waals surface area contributed by atoms with Crippen molar-refractivity contribution >= 4 is 17.3 Å². The first-order valence-electron chi connectivity index (χ1n) is 8.46. The summed E-state index contributed by atoms with van der Waals surface area (Å²) in [5, 5.41) is 4.04. The summed E-state index contributed by atoms with van der Waals surface area (Å²) in [4.78, 5) is 2.10. The van der Waals surface area contributed by atoms with Gasteiger partial charge in [0.1, 0.15) is 11.5 Å². The quantitative estimate of drug-likeness (QED) is 0.629. The van der Waals surface area contributed by atoms with Crippen molar-refractivity contribution in [1.82, 2.24) is 10.2 Å². The summed E-state index contributed by atoms with van der Waals surface area (Å²) >= 11 is 5.64. The SMILES string of the molecule is COc1ccc(CNC(=S)N(Cc2ccccc2)Cc2ccco2)cc1. The molecular formula is C21H22N2O2S. The summed E-state index contributed by atoms with van der Waals surface area (Å²) in [6, 6.07) is 22.1. The average Bonchev–Trinajstić information content (AvgIpc) is 3.20. The van der Waals surface area contributed by atoms with Crippen LogP contribution in [0.2, 0.25) is 0 Å². The van der Waals surface area contributed by atoms with E-state index in [1.807, 2.05) is 54.6 Å². The maximum absolute atomic E-state index is 5.64. The highest BCUT2D eigenvalue weighted by Gasteiger charge is 2.12. The van der Waals surface area contributed by atoms with Crippen LogP contribution in [0.25, 0.3) is 0 Å². The van der Waals surface area contributed by atoms with Crippen LogP contribution in [-0.2, 0) is 19.6 Å². The van der Waals surface area contributed by atoms with Gasteiger partial charge in [-0.1, -0.05) is 42.5 Å². The number of benzene rings is 2. The first-order valence-corrected chi connectivity index (χ1v) is 8.87. The van der Waals surface area contributed by atoms with Crippen LogP contribution in [0, 0.1) is 0 Å². The summed E-state index contributed by atoms with van der Waals surface area (Å²) in [6.45, 7) is 2.00. The fourth-order valence-corrected chi connectivity index (χ4v) is 2.83. The summed E-state index contributed by atoms with van der Waals surface area (Å²) < 4.78 is 10.7. The molecule has 0 saturated carbocycles. The highest BCUT2D eigenvalue weighted by Crippen LogP contribution is 2.13. The minimum Gasteiger partial charge on any atom is -0.497 e. The molecule has 0 aliphatic heterocycles. The lowest BCUT2D eigenvalue weighted by molar-refractivity contribution is 0.351. The summed E-state index contributed by atoms with van der Waals surface area (Å²) in [7, 11) is 1.67. The number of nitrogens with zero attached hydrogens (tertiary/aromatic N) is 1. The molecule has 0 saturated heterocycles. The van der Waals surface area contributed by atoms with Crippen molar-refractivity contribution in [1.29, 1.82) is 0 Å². The fraction of sp³-hybridized carbons (Fsp3) is 0.190. The lowest BCUT2D eigenvalue weighted by Gasteiger charge is -2.25. The topological polar surface area (TPSA) is 37.6 Å². The Morgan fingerprint density at radius 3 is 2.38 bits per heavy atom. The van der Waals surface area contributed by atoms with Crippen LogP contribution in [0.3, 0.4) is 0 Å². The van der Waals surface area contributed by atoms with E-state index in [1.54, 1.807) is 13.4 Å². The van der Waals surface area contributed by atoms with Gasteiger partial charge < -0.3 is 19.4 Å². The Labute approximate surface area is 159 Å². The van der Waals surface area contributed by atoms with Crippen molar-refractivity contribution < 1.29 is 9.15 Å². The molecule has 26 heavy (non-hydrogen) atoms. The molecule has 0 aliphatic rings. The van der Waals surface area contributed by atoms with Crippen LogP contribution < -0.4 is 10.1 Å². The fourth-order valence-electron chi connectivity index (χ4n) is 2.63. The van der Waals surface area contributed by atoms with Crippen LogP contribution in [0.5, 0.6) is 5.75 Å². The number of hydrogen-bond acceptors (Lipinski definition) is 3. The van der Waals surface area contributed by atoms with Gasteiger partial charge in [0.25, 0.3) is 0 Å². The van der Waals surface area contributed by atoms with Crippen molar-refractivity contribution in [2.75, 3.05) is 7.11 Å². The predicted molar refractivity (Wildman–Crippen MR) is 107 cm³/mol. The normalized spacial score (nSPS) is 10.3. The molecule has 0 aliphatic carbocycles. The van der Waals surface area contributed by atoms with Gasteiger partial charge in [0.2, 0.25) is 0 Å². The molecule has 0 fully saturated rings. The number of methoxy groups -OCH3 is 1. The van der Waals surface area contributed by atoms with E-state index in [0.29, 0.717) is 18.2 Å². The minimum atomic E-state index is 0.621. The second-order valence-electron chi connectivity index (χ2n) is 5.93. The van der Waals surface area contributed by atoms with E-state index in [9.17, 15) is 0 Å². The molecule has 0 unspecified atom stereocenters. The first kappa shape index (κ1) is 18.0. The lowest BCUT2D eigenvalue weighted by Crippen LogP contribution is -2.38. The summed E-state index contributed by atoms with van der Waals surface area (Å²) in [6.07, 6.45) is 1.68. The van der Waals surface area contributed by atoms with Gasteiger partial charge in [-0.25, -0.2) is 0 Å². The van der Waals surface area contributed by atoms with Crippen molar-refractivity contribution in [3.8, 4) is 5.75 Å². The molecule has 0 spiro atoms. The molecule has 3 rings (SSSR count). The number of rotatable bonds is 7. The largest absolute Gasteiger partial charge is 0.497 e. The molecule has 3 aromatic rings. The highest BCUT2D eigenvalue weighted by atomic mass is 32.1. The number of ether oxygens (including phenoxy) is 1. The van der Waals surface area contributed by atoms with Gasteiger partial charge in [-0.15, -0.1) is 0 Å². The smallest absolute Gasteiger partial charge is 0.169 e. The molecule has 0 bridgehead atoms. The third-order valence-corrected chi connectivity index (χ3v) is 4.44. The van der Waals surface area contributed by atoms with Crippen LogP contribution in [0.4, 0.5) is 0 Å². The van der Waals surface area contributed by atoms with Crippen molar-refractivity contribution in [2.45, 2.75) is 19.6 Å². The molecule has 1 aromatic heterocycles. The van der Waals surface area contributed by atoms with Gasteiger partial charge in [0, 0.05) is 13.1 Å². The van der Waals surface area contributed by atoms with E-state index in [0.717, 1.165) is 23.6 Å². The lowest BCUT2D eigenvalue weighted by atomic mass is 10.2. The molecule has 0 amide bonds. The predicted octanol–water partition coefficient (Wildman–Crippen LogP) is 4.37. The molecule has 1 heterocycles. The van der Waals surface area contributed by atoms with Crippen molar-refractivity contribution in [2.24, 2.45) is 0 Å². The average molecular weight is 366 g/mol. The number of thiocarbonyl (C=S) groups is 1. The van der Waals surface area contributed by atoms with Crippen LogP contribution in [0.15, 0.2) is 77.4 Å². The van der Waals surface area contributed by atoms with E-state index in [-0.39, 0.29) is 0 Å². The van der Waals surface area contributed by atoms with Gasteiger partial charge in [0.05, 0.1) is 19.9 Å². The Morgan fingerprint density at radius 1 is 0.962 bits per heavy atom. The molecule has 4 nitrogen and oxygen atoms in total. The first-order chi connectivity index (χ1) is 12.7. The van der Waals surface area contributed by atoms with Gasteiger partial charge >= 0.3 is 0 Å². The van der Waals surface area contributed by atoms with Crippen LogP contribution in [0.1, 0.15) is 16.9 Å². The molecule has 0 atom stereocenters. The van der Waals surface area contributed by atoms with Gasteiger partial charge in [-0.05, 0) is 47.6 Å². The highest BCUT2D eigenvalue weighted by molar-refractivity contribution is 7.80. The zero-order valence-corrected chi connectivity index (χ0v) is 15.5. The minimum absolute atomic E-state index is 0.621. The Hall–Kier alpha value is -2.79. The van der Waals surface area contributed by atoms with Gasteiger partial charge in [-0.3, -0.25) is 0 Å². The van der Waals surface area contributed by atoms with E-state index < -0.39 is 0 Å². The van der Waals surface area contributed by atoms with E-state index in [1.165, 1.54) is 5.56 Å². The van der Waals surface area contributed by atoms with Crippen LogP contribution in [-0.4, -0.2) is 17.1 Å². The van der Waals surface area contributed by atoms with Gasteiger partial charge in [0.15, 0.2) is 5.11 Å². The monoisotopic (exact) mass is 366 g/mol. The zero-order chi connectivity index (χ0) is 18.2. The molecule has 2 aromatic carbocycles. The molecule has 0 radical (unpaired) electrons. The van der Waals surface area contributed by atoms with E-state index in [2.05, 4.69) is 22.3 Å². The van der Waals surface area contributed by atoms with E-state index in [4.69, 9.17) is 21.4 Å². The maximum Gasteiger partial charge on any atom is 0.169 e. The second kappa shape index (κ2) is 9.06. The van der Waals surface area contributed by atoms with E-state index >= 15 is 0 Å². The third kappa shape index (κ3) is 5.10. The van der Waals surface area contributed by atoms with Crippen LogP contribution >= 0.6 is 12.2 Å². The molecular weight excluding hydrogens is 344 g/mol.